The highest BCUT2D eigenvalue weighted by Gasteiger charge is 2.26. The minimum absolute atomic E-state index is 0.0774. The summed E-state index contributed by atoms with van der Waals surface area (Å²) in [7, 11) is 0. The van der Waals surface area contributed by atoms with Crippen molar-refractivity contribution in [3.63, 3.8) is 0 Å². The molecule has 0 radical (unpaired) electrons. The van der Waals surface area contributed by atoms with Crippen LogP contribution in [0.5, 0.6) is 0 Å². The van der Waals surface area contributed by atoms with E-state index in [2.05, 4.69) is 31.1 Å². The Balaban J connectivity index is 1.50. The number of pyridine rings is 1. The number of nitrogens with zero attached hydrogens (tertiary/aromatic N) is 3. The molecule has 5 N–H and O–H groups in total. The highest BCUT2D eigenvalue weighted by atomic mass is 16.4. The second-order valence-corrected chi connectivity index (χ2v) is 9.06. The molecule has 2 aromatic carbocycles. The van der Waals surface area contributed by atoms with Crippen LogP contribution < -0.4 is 16.0 Å². The summed E-state index contributed by atoms with van der Waals surface area (Å²) in [6.07, 6.45) is 1.59. The van der Waals surface area contributed by atoms with Crippen molar-refractivity contribution in [2.75, 3.05) is 17.2 Å². The van der Waals surface area contributed by atoms with Gasteiger partial charge < -0.3 is 30.6 Å². The van der Waals surface area contributed by atoms with E-state index in [4.69, 9.17) is 4.42 Å². The van der Waals surface area contributed by atoms with Gasteiger partial charge in [0.15, 0.2) is 0 Å². The summed E-state index contributed by atoms with van der Waals surface area (Å²) < 4.78 is 5.74. The second-order valence-electron chi connectivity index (χ2n) is 9.06. The lowest BCUT2D eigenvalue weighted by Crippen LogP contribution is -2.16. The molecule has 0 saturated carbocycles. The first-order chi connectivity index (χ1) is 17.3. The third-order valence-corrected chi connectivity index (χ3v) is 5.86. The summed E-state index contributed by atoms with van der Waals surface area (Å²) in [6, 6.07) is 16.4. The zero-order valence-electron chi connectivity index (χ0n) is 19.8. The lowest BCUT2D eigenvalue weighted by atomic mass is 10.1. The van der Waals surface area contributed by atoms with Gasteiger partial charge in [-0.1, -0.05) is 30.3 Å². The maximum absolute atomic E-state index is 11.9. The van der Waals surface area contributed by atoms with Crippen LogP contribution in [-0.4, -0.2) is 37.9 Å². The second kappa shape index (κ2) is 9.40. The largest absolute Gasteiger partial charge is 0.417 e. The highest BCUT2D eigenvalue weighted by molar-refractivity contribution is 5.98. The normalized spacial score (nSPS) is 13.7. The number of nitrogens with one attached hydrogen (secondary N) is 3. The topological polar surface area (TPSA) is 145 Å². The van der Waals surface area contributed by atoms with E-state index >= 15 is 0 Å². The van der Waals surface area contributed by atoms with E-state index in [1.54, 1.807) is 32.2 Å². The van der Waals surface area contributed by atoms with Crippen molar-refractivity contribution in [3.05, 3.63) is 83.4 Å². The molecule has 0 fully saturated rings. The van der Waals surface area contributed by atoms with Gasteiger partial charge in [-0.25, -0.2) is 4.98 Å². The number of hydrogen-bond donors (Lipinski definition) is 5. The van der Waals surface area contributed by atoms with Crippen LogP contribution in [0, 0.1) is 0 Å². The Labute approximate surface area is 207 Å². The number of carbonyl (C=O) groups excluding carboxylic acids is 1. The number of anilines is 3. The average Bonchev–Trinajstić information content (AvgIpc) is 3.51. The van der Waals surface area contributed by atoms with Gasteiger partial charge in [0.1, 0.15) is 11.4 Å². The summed E-state index contributed by atoms with van der Waals surface area (Å²) in [5.74, 6) is 0.714. The van der Waals surface area contributed by atoms with Crippen LogP contribution in [0.4, 0.5) is 17.2 Å². The summed E-state index contributed by atoms with van der Waals surface area (Å²) >= 11 is 0. The first-order valence-corrected chi connectivity index (χ1v) is 11.5. The van der Waals surface area contributed by atoms with Crippen LogP contribution in [0.15, 0.2) is 65.2 Å². The van der Waals surface area contributed by atoms with Crippen LogP contribution in [0.3, 0.4) is 0 Å². The smallest absolute Gasteiger partial charge is 0.251 e. The van der Waals surface area contributed by atoms with Crippen molar-refractivity contribution < 1.29 is 19.4 Å². The first kappa shape index (κ1) is 23.5. The molecule has 1 amide bonds. The van der Waals surface area contributed by atoms with Crippen LogP contribution in [-0.2, 0) is 12.1 Å². The number of amides is 1. The van der Waals surface area contributed by atoms with E-state index in [1.165, 1.54) is 0 Å². The molecule has 10 nitrogen and oxygen atoms in total. The monoisotopic (exact) mass is 486 g/mol. The van der Waals surface area contributed by atoms with Crippen LogP contribution in [0.2, 0.25) is 0 Å². The number of carbonyl (C=O) groups is 1. The minimum Gasteiger partial charge on any atom is -0.417 e. The highest BCUT2D eigenvalue weighted by Crippen LogP contribution is 2.34. The lowest BCUT2D eigenvalue weighted by Gasteiger charge is -2.20. The molecule has 0 saturated heterocycles. The Morgan fingerprint density at radius 1 is 1.11 bits per heavy atom. The van der Waals surface area contributed by atoms with E-state index in [0.29, 0.717) is 29.2 Å². The molecular weight excluding hydrogens is 460 g/mol. The van der Waals surface area contributed by atoms with Gasteiger partial charge in [-0.2, -0.15) is 0 Å². The lowest BCUT2D eigenvalue weighted by molar-refractivity contribution is 0.0488. The summed E-state index contributed by atoms with van der Waals surface area (Å²) in [5, 5.41) is 37.9. The molecule has 0 bridgehead atoms. The Bertz CT molecular complexity index is 1400. The van der Waals surface area contributed by atoms with E-state index in [-0.39, 0.29) is 24.3 Å². The molecule has 5 rings (SSSR count). The van der Waals surface area contributed by atoms with E-state index < -0.39 is 11.6 Å². The van der Waals surface area contributed by atoms with Crippen molar-refractivity contribution in [2.45, 2.75) is 32.0 Å². The van der Waals surface area contributed by atoms with Crippen LogP contribution >= 0.6 is 0 Å². The zero-order valence-corrected chi connectivity index (χ0v) is 19.8. The fourth-order valence-electron chi connectivity index (χ4n) is 3.96. The van der Waals surface area contributed by atoms with Gasteiger partial charge in [-0.05, 0) is 43.2 Å². The van der Waals surface area contributed by atoms with Crippen molar-refractivity contribution in [2.24, 2.45) is 0 Å². The number of hydrogen-bond acceptors (Lipinski definition) is 9. The number of rotatable bonds is 8. The average molecular weight is 487 g/mol. The minimum atomic E-state index is -1.30. The maximum Gasteiger partial charge on any atom is 0.251 e. The van der Waals surface area contributed by atoms with E-state index in [9.17, 15) is 15.0 Å². The molecule has 4 aromatic rings. The van der Waals surface area contributed by atoms with Crippen molar-refractivity contribution in [1.82, 2.24) is 20.5 Å². The quantitative estimate of drug-likeness (QED) is 0.253. The Morgan fingerprint density at radius 3 is 2.64 bits per heavy atom. The molecular formula is C26H26N6O4. The summed E-state index contributed by atoms with van der Waals surface area (Å²) in [6.45, 7) is 3.45. The third kappa shape index (κ3) is 4.77. The molecule has 2 aromatic heterocycles. The van der Waals surface area contributed by atoms with Gasteiger partial charge >= 0.3 is 0 Å². The predicted octanol–water partition coefficient (Wildman–Crippen LogP) is 3.49. The molecule has 1 aliphatic heterocycles. The van der Waals surface area contributed by atoms with Gasteiger partial charge in [0.2, 0.25) is 5.89 Å². The number of aliphatic hydroxyl groups is 2. The summed E-state index contributed by atoms with van der Waals surface area (Å²) in [5.41, 5.74) is 3.07. The molecule has 36 heavy (non-hydrogen) atoms. The molecule has 0 spiro atoms. The SMILES string of the molecule is CC(C)(O)c1nnc(-c2cnc(Nc3ccc4c(c3)CNC4=O)cc2N[C@H](CO)c2ccccc2)o1. The first-order valence-electron chi connectivity index (χ1n) is 11.5. The van der Waals surface area contributed by atoms with E-state index in [1.807, 2.05) is 42.5 Å². The molecule has 1 atom stereocenters. The number of fused-ring (bicyclic) bond motifs is 1. The van der Waals surface area contributed by atoms with Gasteiger partial charge in [-0.3, -0.25) is 4.79 Å². The van der Waals surface area contributed by atoms with Gasteiger partial charge in [0, 0.05) is 30.1 Å². The van der Waals surface area contributed by atoms with Crippen molar-refractivity contribution in [1.29, 1.82) is 0 Å². The van der Waals surface area contributed by atoms with Gasteiger partial charge in [0.05, 0.1) is 23.9 Å². The molecule has 10 heteroatoms. The number of benzene rings is 2. The Hall–Kier alpha value is -4.28. The molecule has 0 aliphatic carbocycles. The van der Waals surface area contributed by atoms with Crippen LogP contribution in [0.25, 0.3) is 11.5 Å². The van der Waals surface area contributed by atoms with Crippen LogP contribution in [0.1, 0.15) is 47.3 Å². The van der Waals surface area contributed by atoms with Gasteiger partial charge in [0.25, 0.3) is 11.8 Å². The fourth-order valence-corrected chi connectivity index (χ4v) is 3.96. The molecule has 3 heterocycles. The molecule has 0 unspecified atom stereocenters. The zero-order chi connectivity index (χ0) is 25.3. The third-order valence-electron chi connectivity index (χ3n) is 5.86. The van der Waals surface area contributed by atoms with E-state index in [0.717, 1.165) is 16.8 Å². The fraction of sp³-hybridized carbons (Fsp3) is 0.231. The molecule has 184 valence electrons. The van der Waals surface area contributed by atoms with Crippen molar-refractivity contribution in [3.8, 4) is 11.5 Å². The Morgan fingerprint density at radius 2 is 1.92 bits per heavy atom. The van der Waals surface area contributed by atoms with Crippen molar-refractivity contribution >= 4 is 23.1 Å². The molecule has 1 aliphatic rings. The predicted molar refractivity (Wildman–Crippen MR) is 134 cm³/mol. The number of aromatic nitrogens is 3. The summed E-state index contributed by atoms with van der Waals surface area (Å²) in [4.78, 5) is 16.4. The number of aliphatic hydroxyl groups excluding tert-OH is 1. The maximum atomic E-state index is 11.9. The van der Waals surface area contributed by atoms with Gasteiger partial charge in [-0.15, -0.1) is 10.2 Å². The standard InChI is InChI=1S/C26H26N6O4/c1-26(2,35)25-32-31-24(36-25)19-13-27-22(29-17-8-9-18-16(10-17)12-28-23(18)34)11-20(19)30-21(14-33)15-6-4-3-5-7-15/h3-11,13,21,33,35H,12,14H2,1-2H3,(H,28,34)(H2,27,29,30)/t21-/m1/s1. The Kier molecular flexibility index (Phi) is 6.13.